The molecule has 160 valence electrons. The summed E-state index contributed by atoms with van der Waals surface area (Å²) in [5.74, 6) is 0.453. The molecule has 0 saturated carbocycles. The molecule has 0 aromatic heterocycles. The van der Waals surface area contributed by atoms with E-state index in [-0.39, 0.29) is 23.6 Å². The molecule has 31 heavy (non-hydrogen) atoms. The van der Waals surface area contributed by atoms with E-state index >= 15 is 0 Å². The Hall–Kier alpha value is -2.47. The van der Waals surface area contributed by atoms with Crippen LogP contribution in [0.15, 0.2) is 72.8 Å². The fraction of sp³-hybridized carbons (Fsp3) is 0.167. The Morgan fingerprint density at radius 3 is 2.39 bits per heavy atom. The lowest BCUT2D eigenvalue weighted by molar-refractivity contribution is -0.113. The van der Waals surface area contributed by atoms with Crippen LogP contribution in [0.3, 0.4) is 0 Å². The molecule has 0 unspecified atom stereocenters. The van der Waals surface area contributed by atoms with E-state index in [4.69, 9.17) is 23.2 Å². The van der Waals surface area contributed by atoms with E-state index in [1.807, 2.05) is 43.3 Å². The van der Waals surface area contributed by atoms with Crippen LogP contribution in [-0.2, 0) is 10.5 Å². The van der Waals surface area contributed by atoms with Crippen LogP contribution in [0.1, 0.15) is 34.5 Å². The Balaban J connectivity index is 1.57. The van der Waals surface area contributed by atoms with Gasteiger partial charge in [0.05, 0.1) is 33.1 Å². The summed E-state index contributed by atoms with van der Waals surface area (Å²) in [5, 5.41) is 6.82. The second kappa shape index (κ2) is 11.2. The molecule has 4 nitrogen and oxygen atoms in total. The molecule has 0 spiro atoms. The summed E-state index contributed by atoms with van der Waals surface area (Å²) in [6.45, 7) is 1.92. The van der Waals surface area contributed by atoms with E-state index in [0.717, 1.165) is 11.1 Å². The smallest absolute Gasteiger partial charge is 0.253 e. The standard InChI is InChI=1S/C24H22Cl2N2O2S/c1-16(18-7-3-2-4-8-18)27-24(30)19-9-5-6-10-22(19)28-23(29)15-31-14-17-11-12-20(25)21(26)13-17/h2-13,16H,14-15H2,1H3,(H,27,30)(H,28,29)/t16-/m1/s1. The minimum Gasteiger partial charge on any atom is -0.345 e. The van der Waals surface area contributed by atoms with Crippen LogP contribution in [0.4, 0.5) is 5.69 Å². The van der Waals surface area contributed by atoms with E-state index < -0.39 is 0 Å². The predicted octanol–water partition coefficient (Wildman–Crippen LogP) is 6.36. The number of nitrogens with one attached hydrogen (secondary N) is 2. The highest BCUT2D eigenvalue weighted by Gasteiger charge is 2.16. The normalized spacial score (nSPS) is 11.6. The molecule has 0 aliphatic carbocycles. The first-order valence-electron chi connectivity index (χ1n) is 9.70. The molecule has 0 radical (unpaired) electrons. The number of rotatable bonds is 8. The summed E-state index contributed by atoms with van der Waals surface area (Å²) in [5.41, 5.74) is 2.91. The molecule has 7 heteroatoms. The Bertz CT molecular complexity index is 1060. The zero-order chi connectivity index (χ0) is 22.2. The highest BCUT2D eigenvalue weighted by Crippen LogP contribution is 2.25. The predicted molar refractivity (Wildman–Crippen MR) is 130 cm³/mol. The summed E-state index contributed by atoms with van der Waals surface area (Å²) < 4.78 is 0. The Morgan fingerprint density at radius 2 is 1.65 bits per heavy atom. The number of carbonyl (C=O) groups is 2. The number of hydrogen-bond donors (Lipinski definition) is 2. The molecule has 2 amide bonds. The average molecular weight is 473 g/mol. The number of para-hydroxylation sites is 1. The summed E-state index contributed by atoms with van der Waals surface area (Å²) in [4.78, 5) is 25.2. The van der Waals surface area contributed by atoms with Gasteiger partial charge in [0.2, 0.25) is 5.91 Å². The molecular weight excluding hydrogens is 451 g/mol. The van der Waals surface area contributed by atoms with Gasteiger partial charge in [0, 0.05) is 5.75 Å². The third-order valence-electron chi connectivity index (χ3n) is 4.58. The fourth-order valence-corrected chi connectivity index (χ4v) is 4.06. The number of carbonyl (C=O) groups excluding carboxylic acids is 2. The van der Waals surface area contributed by atoms with Crippen molar-refractivity contribution in [3.05, 3.63) is 99.5 Å². The molecule has 3 aromatic carbocycles. The topological polar surface area (TPSA) is 58.2 Å². The van der Waals surface area contributed by atoms with Crippen molar-refractivity contribution < 1.29 is 9.59 Å². The van der Waals surface area contributed by atoms with Gasteiger partial charge in [-0.1, -0.05) is 71.7 Å². The summed E-state index contributed by atoms with van der Waals surface area (Å²) in [7, 11) is 0. The van der Waals surface area contributed by atoms with Gasteiger partial charge in [0.15, 0.2) is 0 Å². The van der Waals surface area contributed by atoms with Crippen LogP contribution in [-0.4, -0.2) is 17.6 Å². The first-order valence-corrected chi connectivity index (χ1v) is 11.6. The van der Waals surface area contributed by atoms with Crippen molar-refractivity contribution in [3.63, 3.8) is 0 Å². The van der Waals surface area contributed by atoms with Gasteiger partial charge in [-0.15, -0.1) is 11.8 Å². The Labute approximate surface area is 196 Å². The van der Waals surface area contributed by atoms with Crippen LogP contribution in [0, 0.1) is 0 Å². The summed E-state index contributed by atoms with van der Waals surface area (Å²) >= 11 is 13.4. The van der Waals surface area contributed by atoms with Crippen molar-refractivity contribution in [2.24, 2.45) is 0 Å². The number of anilines is 1. The lowest BCUT2D eigenvalue weighted by Crippen LogP contribution is -2.28. The zero-order valence-electron chi connectivity index (χ0n) is 16.9. The van der Waals surface area contributed by atoms with E-state index in [1.165, 1.54) is 11.8 Å². The van der Waals surface area contributed by atoms with Crippen LogP contribution in [0.25, 0.3) is 0 Å². The van der Waals surface area contributed by atoms with Crippen molar-refractivity contribution in [2.75, 3.05) is 11.1 Å². The molecular formula is C24H22Cl2N2O2S. The average Bonchev–Trinajstić information content (AvgIpc) is 2.77. The van der Waals surface area contributed by atoms with Gasteiger partial charge >= 0.3 is 0 Å². The molecule has 0 aliphatic heterocycles. The van der Waals surface area contributed by atoms with Crippen molar-refractivity contribution in [1.82, 2.24) is 5.32 Å². The number of benzene rings is 3. The molecule has 0 fully saturated rings. The lowest BCUT2D eigenvalue weighted by Gasteiger charge is -2.16. The maximum atomic E-state index is 12.8. The second-order valence-corrected chi connectivity index (χ2v) is 8.74. The van der Waals surface area contributed by atoms with Crippen molar-refractivity contribution in [3.8, 4) is 0 Å². The Morgan fingerprint density at radius 1 is 0.935 bits per heavy atom. The first-order chi connectivity index (χ1) is 14.9. The van der Waals surface area contributed by atoms with Crippen LogP contribution in [0.5, 0.6) is 0 Å². The molecule has 0 saturated heterocycles. The van der Waals surface area contributed by atoms with Gasteiger partial charge < -0.3 is 10.6 Å². The van der Waals surface area contributed by atoms with Gasteiger partial charge in [-0.3, -0.25) is 9.59 Å². The SMILES string of the molecule is C[C@@H](NC(=O)c1ccccc1NC(=O)CSCc1ccc(Cl)c(Cl)c1)c1ccccc1. The minimum atomic E-state index is -0.240. The second-order valence-electron chi connectivity index (χ2n) is 6.94. The van der Waals surface area contributed by atoms with Crippen LogP contribution in [0.2, 0.25) is 10.0 Å². The van der Waals surface area contributed by atoms with E-state index in [0.29, 0.717) is 27.0 Å². The van der Waals surface area contributed by atoms with Crippen LogP contribution < -0.4 is 10.6 Å². The maximum absolute atomic E-state index is 12.8. The maximum Gasteiger partial charge on any atom is 0.253 e. The fourth-order valence-electron chi connectivity index (χ4n) is 2.97. The van der Waals surface area contributed by atoms with Crippen molar-refractivity contribution >= 4 is 52.5 Å². The van der Waals surface area contributed by atoms with Crippen molar-refractivity contribution in [1.29, 1.82) is 0 Å². The van der Waals surface area contributed by atoms with Gasteiger partial charge in [0.25, 0.3) is 5.91 Å². The number of thioether (sulfide) groups is 1. The van der Waals surface area contributed by atoms with Gasteiger partial charge in [-0.05, 0) is 42.3 Å². The van der Waals surface area contributed by atoms with Gasteiger partial charge in [-0.2, -0.15) is 0 Å². The summed E-state index contributed by atoms with van der Waals surface area (Å²) in [6, 6.07) is 22.0. The Kier molecular flexibility index (Phi) is 8.41. The third kappa shape index (κ3) is 6.76. The molecule has 1 atom stereocenters. The number of amides is 2. The van der Waals surface area contributed by atoms with Gasteiger partial charge in [0.1, 0.15) is 0 Å². The van der Waals surface area contributed by atoms with E-state index in [2.05, 4.69) is 10.6 Å². The first kappa shape index (κ1) is 23.2. The lowest BCUT2D eigenvalue weighted by atomic mass is 10.1. The summed E-state index contributed by atoms with van der Waals surface area (Å²) in [6.07, 6.45) is 0. The quantitative estimate of drug-likeness (QED) is 0.401. The molecule has 0 aliphatic rings. The number of hydrogen-bond acceptors (Lipinski definition) is 3. The van der Waals surface area contributed by atoms with Gasteiger partial charge in [-0.25, -0.2) is 0 Å². The third-order valence-corrected chi connectivity index (χ3v) is 6.32. The minimum absolute atomic E-state index is 0.154. The zero-order valence-corrected chi connectivity index (χ0v) is 19.2. The van der Waals surface area contributed by atoms with Crippen molar-refractivity contribution in [2.45, 2.75) is 18.7 Å². The number of halogens is 2. The highest BCUT2D eigenvalue weighted by atomic mass is 35.5. The molecule has 0 heterocycles. The van der Waals surface area contributed by atoms with Crippen LogP contribution >= 0.6 is 35.0 Å². The largest absolute Gasteiger partial charge is 0.345 e. The molecule has 2 N–H and O–H groups in total. The highest BCUT2D eigenvalue weighted by molar-refractivity contribution is 7.99. The molecule has 3 rings (SSSR count). The monoisotopic (exact) mass is 472 g/mol. The van der Waals surface area contributed by atoms with E-state index in [9.17, 15) is 9.59 Å². The molecule has 0 bridgehead atoms. The van der Waals surface area contributed by atoms with E-state index in [1.54, 1.807) is 36.4 Å². The molecule has 3 aromatic rings.